The molecule has 1 aliphatic rings. The Balaban J connectivity index is 0.000000293. The highest BCUT2D eigenvalue weighted by Crippen LogP contribution is 2.21. The Morgan fingerprint density at radius 3 is 2.28 bits per heavy atom. The van der Waals surface area contributed by atoms with Crippen LogP contribution in [0.5, 0.6) is 0 Å². The Bertz CT molecular complexity index is 554. The largest absolute Gasteiger partial charge is 0.394 e. The Kier molecular flexibility index (Phi) is 8.34. The van der Waals surface area contributed by atoms with E-state index in [-0.39, 0.29) is 5.69 Å². The van der Waals surface area contributed by atoms with Gasteiger partial charge >= 0.3 is 0 Å². The summed E-state index contributed by atoms with van der Waals surface area (Å²) < 4.78 is 4.93. The molecule has 1 saturated heterocycles. The molecule has 5 N–H and O–H groups in total. The van der Waals surface area contributed by atoms with E-state index in [0.717, 1.165) is 0 Å². The summed E-state index contributed by atoms with van der Waals surface area (Å²) in [6.07, 6.45) is -6.90. The topological polar surface area (TPSA) is 172 Å². The molecule has 0 saturated carbocycles. The first kappa shape index (κ1) is 20.9. The number of nitro benzene ring substituents is 1. The molecule has 11 heteroatoms. The summed E-state index contributed by atoms with van der Waals surface area (Å²) in [5, 5.41) is 47.1. The van der Waals surface area contributed by atoms with Crippen molar-refractivity contribution in [1.82, 2.24) is 5.48 Å². The molecule has 0 aromatic heterocycles. The molecule has 0 bridgehead atoms. The minimum Gasteiger partial charge on any atom is -0.394 e. The van der Waals surface area contributed by atoms with Crippen molar-refractivity contribution in [2.75, 3.05) is 6.61 Å². The van der Waals surface area contributed by atoms with Crippen LogP contribution in [-0.4, -0.2) is 68.6 Å². The van der Waals surface area contributed by atoms with Gasteiger partial charge in [0.1, 0.15) is 24.4 Å². The number of para-hydroxylation sites is 1. The lowest BCUT2D eigenvalue weighted by Gasteiger charge is -2.38. The second kappa shape index (κ2) is 9.98. The van der Waals surface area contributed by atoms with Crippen molar-refractivity contribution in [2.24, 2.45) is 0 Å². The van der Waals surface area contributed by atoms with Crippen molar-refractivity contribution in [3.05, 3.63) is 40.4 Å². The van der Waals surface area contributed by atoms with Gasteiger partial charge in [0.2, 0.25) is 12.2 Å². The maximum Gasteiger partial charge on any atom is 0.269 e. The van der Waals surface area contributed by atoms with E-state index in [1.165, 1.54) is 19.1 Å². The van der Waals surface area contributed by atoms with Crippen LogP contribution >= 0.6 is 0 Å². The van der Waals surface area contributed by atoms with Crippen LogP contribution in [0.3, 0.4) is 0 Å². The first-order valence-corrected chi connectivity index (χ1v) is 7.20. The summed E-state index contributed by atoms with van der Waals surface area (Å²) in [6, 6.07) is 7.93. The number of non-ortho nitro benzene ring substituents is 1. The van der Waals surface area contributed by atoms with Gasteiger partial charge in [-0.1, -0.05) is 18.2 Å². The SMILES string of the molecule is CC(=O)NO[C@H]1O[C@H](CO)[C@H](O)[C@H](O)[C@H]1O.O=[N+]([O-])c1ccccc1. The van der Waals surface area contributed by atoms with E-state index in [9.17, 15) is 30.2 Å². The second-order valence-electron chi connectivity index (χ2n) is 5.07. The number of rotatable bonds is 4. The molecule has 25 heavy (non-hydrogen) atoms. The zero-order chi connectivity index (χ0) is 19.0. The summed E-state index contributed by atoms with van der Waals surface area (Å²) in [5.74, 6) is -0.517. The van der Waals surface area contributed by atoms with E-state index in [1.54, 1.807) is 18.2 Å². The molecule has 140 valence electrons. The number of nitrogens with zero attached hydrogens (tertiary/aromatic N) is 1. The number of benzene rings is 1. The van der Waals surface area contributed by atoms with Crippen molar-refractivity contribution < 1.29 is 39.7 Å². The number of hydroxylamine groups is 1. The highest BCUT2D eigenvalue weighted by molar-refractivity contribution is 5.71. The maximum absolute atomic E-state index is 10.6. The van der Waals surface area contributed by atoms with Gasteiger partial charge in [-0.25, -0.2) is 10.3 Å². The number of hydrogen-bond donors (Lipinski definition) is 5. The second-order valence-corrected chi connectivity index (χ2v) is 5.07. The van der Waals surface area contributed by atoms with Crippen molar-refractivity contribution in [3.63, 3.8) is 0 Å². The van der Waals surface area contributed by atoms with Gasteiger partial charge in [-0.2, -0.15) is 0 Å². The third kappa shape index (κ3) is 6.34. The molecule has 0 aliphatic carbocycles. The summed E-state index contributed by atoms with van der Waals surface area (Å²) in [6.45, 7) is 0.634. The van der Waals surface area contributed by atoms with E-state index in [2.05, 4.69) is 4.84 Å². The molecule has 5 atom stereocenters. The number of carbonyl (C=O) groups is 1. The van der Waals surface area contributed by atoms with E-state index >= 15 is 0 Å². The first-order valence-electron chi connectivity index (χ1n) is 7.20. The molecule has 1 aromatic rings. The van der Waals surface area contributed by atoms with Crippen molar-refractivity contribution >= 4 is 11.6 Å². The van der Waals surface area contributed by atoms with Gasteiger partial charge in [0, 0.05) is 19.1 Å². The minimum atomic E-state index is -1.52. The smallest absolute Gasteiger partial charge is 0.269 e. The molecule has 0 radical (unpaired) electrons. The lowest BCUT2D eigenvalue weighted by atomic mass is 9.99. The van der Waals surface area contributed by atoms with Gasteiger partial charge in [-0.3, -0.25) is 14.9 Å². The van der Waals surface area contributed by atoms with Gasteiger partial charge in [0.05, 0.1) is 11.5 Å². The first-order chi connectivity index (χ1) is 11.8. The molecule has 2 rings (SSSR count). The van der Waals surface area contributed by atoms with Crippen LogP contribution in [0.4, 0.5) is 5.69 Å². The van der Waals surface area contributed by atoms with E-state index < -0.39 is 48.1 Å². The summed E-state index contributed by atoms with van der Waals surface area (Å²) >= 11 is 0. The molecule has 0 spiro atoms. The van der Waals surface area contributed by atoms with Gasteiger partial charge in [0.25, 0.3) is 5.69 Å². The van der Waals surface area contributed by atoms with E-state index in [4.69, 9.17) is 9.84 Å². The van der Waals surface area contributed by atoms with Crippen LogP contribution in [0.15, 0.2) is 30.3 Å². The predicted octanol–water partition coefficient (Wildman–Crippen LogP) is -1.55. The number of ether oxygens (including phenoxy) is 1. The highest BCUT2D eigenvalue weighted by Gasteiger charge is 2.44. The fourth-order valence-electron chi connectivity index (χ4n) is 1.86. The molecule has 1 aliphatic heterocycles. The van der Waals surface area contributed by atoms with Gasteiger partial charge in [0.15, 0.2) is 0 Å². The van der Waals surface area contributed by atoms with Crippen molar-refractivity contribution in [3.8, 4) is 0 Å². The zero-order valence-corrected chi connectivity index (χ0v) is 13.3. The molecule has 1 fully saturated rings. The van der Waals surface area contributed by atoms with Crippen LogP contribution in [0.1, 0.15) is 6.92 Å². The average Bonchev–Trinajstić information content (AvgIpc) is 2.60. The number of hydrogen-bond acceptors (Lipinski definition) is 9. The number of aliphatic hydroxyl groups is 4. The minimum absolute atomic E-state index is 0.137. The molecular formula is C14H20N2O9. The summed E-state index contributed by atoms with van der Waals surface area (Å²) in [5.41, 5.74) is 2.06. The third-order valence-electron chi connectivity index (χ3n) is 3.13. The number of nitrogens with one attached hydrogen (secondary N) is 1. The Hall–Kier alpha value is -2.15. The van der Waals surface area contributed by atoms with E-state index in [1.807, 2.05) is 5.48 Å². The standard InChI is InChI=1S/C8H15NO7.C6H5NO2/c1-3(11)9-16-8-7(14)6(13)5(12)4(2-10)15-8;8-7(9)6-4-2-1-3-5-6/h4-8,10,12-14H,2H2,1H3,(H,9,11);1-5H/t4-,5+,6+,7-,8-;/m1./s1. The van der Waals surface area contributed by atoms with Gasteiger partial charge in [-0.15, -0.1) is 0 Å². The molecule has 1 heterocycles. The number of amides is 1. The lowest BCUT2D eigenvalue weighted by Crippen LogP contribution is -2.60. The number of carbonyl (C=O) groups excluding carboxylic acids is 1. The lowest BCUT2D eigenvalue weighted by molar-refractivity contribution is -0.384. The Labute approximate surface area is 142 Å². The fourth-order valence-corrected chi connectivity index (χ4v) is 1.86. The maximum atomic E-state index is 10.6. The van der Waals surface area contributed by atoms with E-state index in [0.29, 0.717) is 0 Å². The quantitative estimate of drug-likeness (QED) is 0.315. The Morgan fingerprint density at radius 2 is 1.84 bits per heavy atom. The average molecular weight is 360 g/mol. The Morgan fingerprint density at radius 1 is 1.24 bits per heavy atom. The molecule has 0 unspecified atom stereocenters. The monoisotopic (exact) mass is 360 g/mol. The molecular weight excluding hydrogens is 340 g/mol. The van der Waals surface area contributed by atoms with Gasteiger partial charge < -0.3 is 25.2 Å². The van der Waals surface area contributed by atoms with Crippen LogP contribution in [0.25, 0.3) is 0 Å². The predicted molar refractivity (Wildman–Crippen MR) is 81.8 cm³/mol. The molecule has 1 aromatic carbocycles. The van der Waals surface area contributed by atoms with Crippen LogP contribution < -0.4 is 5.48 Å². The third-order valence-corrected chi connectivity index (χ3v) is 3.13. The number of nitro groups is 1. The van der Waals surface area contributed by atoms with Crippen LogP contribution in [0, 0.1) is 10.1 Å². The van der Waals surface area contributed by atoms with Crippen molar-refractivity contribution in [2.45, 2.75) is 37.6 Å². The van der Waals surface area contributed by atoms with Crippen molar-refractivity contribution in [1.29, 1.82) is 0 Å². The molecule has 11 nitrogen and oxygen atoms in total. The highest BCUT2D eigenvalue weighted by atomic mass is 16.8. The normalized spacial score (nSPS) is 28.4. The van der Waals surface area contributed by atoms with Crippen LogP contribution in [0.2, 0.25) is 0 Å². The fraction of sp³-hybridized carbons (Fsp3) is 0.500. The van der Waals surface area contributed by atoms with Gasteiger partial charge in [-0.05, 0) is 0 Å². The molecule has 1 amide bonds. The summed E-state index contributed by atoms with van der Waals surface area (Å²) in [4.78, 5) is 24.8. The number of aliphatic hydroxyl groups excluding tert-OH is 4. The summed E-state index contributed by atoms with van der Waals surface area (Å²) in [7, 11) is 0. The zero-order valence-electron chi connectivity index (χ0n) is 13.3. The van der Waals surface area contributed by atoms with Crippen LogP contribution in [-0.2, 0) is 14.4 Å².